The van der Waals surface area contributed by atoms with Crippen molar-refractivity contribution in [1.29, 1.82) is 0 Å². The van der Waals surface area contributed by atoms with Gasteiger partial charge in [-0.05, 0) is 24.9 Å². The lowest BCUT2D eigenvalue weighted by Gasteiger charge is -2.12. The van der Waals surface area contributed by atoms with Gasteiger partial charge in [-0.3, -0.25) is 0 Å². The molecule has 0 saturated heterocycles. The predicted molar refractivity (Wildman–Crippen MR) is 73.2 cm³/mol. The second-order valence-electron chi connectivity index (χ2n) is 4.09. The molecule has 0 aliphatic rings. The Morgan fingerprint density at radius 2 is 2.44 bits per heavy atom. The first-order valence-electron chi connectivity index (χ1n) is 5.54. The molecule has 0 fully saturated rings. The van der Waals surface area contributed by atoms with Crippen LogP contribution in [0.1, 0.15) is 12.6 Å². The molecule has 0 radical (unpaired) electrons. The van der Waals surface area contributed by atoms with E-state index in [2.05, 4.69) is 34.6 Å². The van der Waals surface area contributed by atoms with Crippen LogP contribution in [0.2, 0.25) is 0 Å². The van der Waals surface area contributed by atoms with E-state index >= 15 is 0 Å². The minimum Gasteiger partial charge on any atom is -0.355 e. The van der Waals surface area contributed by atoms with E-state index < -0.39 is 0 Å². The number of thioether (sulfide) groups is 1. The van der Waals surface area contributed by atoms with E-state index in [9.17, 15) is 0 Å². The molecule has 1 aromatic rings. The molecule has 0 aromatic carbocycles. The number of imidazole rings is 1. The number of aromatic nitrogens is 2. The lowest BCUT2D eigenvalue weighted by Crippen LogP contribution is -2.16. The maximum Gasteiger partial charge on any atom is 0.203 e. The van der Waals surface area contributed by atoms with Gasteiger partial charge in [-0.2, -0.15) is 11.8 Å². The molecule has 4 heteroatoms. The molecule has 90 valence electrons. The maximum absolute atomic E-state index is 4.46. The summed E-state index contributed by atoms with van der Waals surface area (Å²) < 4.78 is 2.09. The van der Waals surface area contributed by atoms with Crippen molar-refractivity contribution in [2.24, 2.45) is 5.92 Å². The normalized spacial score (nSPS) is 12.4. The Labute approximate surface area is 102 Å². The van der Waals surface area contributed by atoms with Gasteiger partial charge < -0.3 is 9.88 Å². The number of hydrogen-bond donors (Lipinski definition) is 1. The largest absolute Gasteiger partial charge is 0.355 e. The summed E-state index contributed by atoms with van der Waals surface area (Å²) in [4.78, 5) is 4.46. The second-order valence-corrected chi connectivity index (χ2v) is 5.00. The summed E-state index contributed by atoms with van der Waals surface area (Å²) in [6, 6.07) is 0. The van der Waals surface area contributed by atoms with E-state index in [4.69, 9.17) is 0 Å². The van der Waals surface area contributed by atoms with Gasteiger partial charge in [0.2, 0.25) is 5.95 Å². The fourth-order valence-corrected chi connectivity index (χ4v) is 2.26. The minimum atomic E-state index is 0.657. The van der Waals surface area contributed by atoms with Crippen LogP contribution < -0.4 is 5.32 Å². The smallest absolute Gasteiger partial charge is 0.203 e. The summed E-state index contributed by atoms with van der Waals surface area (Å²) in [7, 11) is 0. The van der Waals surface area contributed by atoms with Crippen LogP contribution in [0, 0.1) is 12.8 Å². The van der Waals surface area contributed by atoms with Crippen molar-refractivity contribution < 1.29 is 0 Å². The Bertz CT molecular complexity index is 333. The van der Waals surface area contributed by atoms with Gasteiger partial charge in [0.05, 0.1) is 5.69 Å². The number of anilines is 1. The Morgan fingerprint density at radius 3 is 3.06 bits per heavy atom. The zero-order valence-corrected chi connectivity index (χ0v) is 11.2. The number of nitrogens with one attached hydrogen (secondary N) is 1. The fourth-order valence-electron chi connectivity index (χ4n) is 1.58. The highest BCUT2D eigenvalue weighted by atomic mass is 32.2. The third-order valence-electron chi connectivity index (χ3n) is 2.28. The van der Waals surface area contributed by atoms with Crippen molar-refractivity contribution in [3.8, 4) is 0 Å². The van der Waals surface area contributed by atoms with E-state index in [0.29, 0.717) is 5.92 Å². The number of allylic oxidation sites excluding steroid dienone is 1. The van der Waals surface area contributed by atoms with Gasteiger partial charge in [0, 0.05) is 19.3 Å². The molecule has 16 heavy (non-hydrogen) atoms. The summed E-state index contributed by atoms with van der Waals surface area (Å²) in [5, 5.41) is 3.39. The molecule has 0 spiro atoms. The standard InChI is InChI=1S/C12H21N3S/c1-5-6-15-8-11(3)14-12(15)13-7-10(2)9-16-4/h5,8,10H,1,6-7,9H2,2-4H3,(H,13,14). The lowest BCUT2D eigenvalue weighted by atomic mass is 10.2. The van der Waals surface area contributed by atoms with Crippen molar-refractivity contribution in [1.82, 2.24) is 9.55 Å². The van der Waals surface area contributed by atoms with Crippen molar-refractivity contribution in [2.45, 2.75) is 20.4 Å². The highest BCUT2D eigenvalue weighted by molar-refractivity contribution is 7.98. The average molecular weight is 239 g/mol. The van der Waals surface area contributed by atoms with Crippen LogP contribution in [-0.4, -0.2) is 28.1 Å². The van der Waals surface area contributed by atoms with E-state index in [0.717, 1.165) is 24.7 Å². The van der Waals surface area contributed by atoms with Gasteiger partial charge in [-0.15, -0.1) is 6.58 Å². The first-order chi connectivity index (χ1) is 7.67. The number of nitrogens with zero attached hydrogens (tertiary/aromatic N) is 2. The Kier molecular flexibility index (Phi) is 5.46. The SMILES string of the molecule is C=CCn1cc(C)nc1NCC(C)CSC. The molecule has 0 aliphatic carbocycles. The number of rotatable bonds is 7. The molecular weight excluding hydrogens is 218 g/mol. The van der Waals surface area contributed by atoms with Crippen molar-refractivity contribution in [3.05, 3.63) is 24.5 Å². The maximum atomic E-state index is 4.46. The van der Waals surface area contributed by atoms with Gasteiger partial charge in [-0.25, -0.2) is 4.98 Å². The van der Waals surface area contributed by atoms with Crippen LogP contribution in [0.15, 0.2) is 18.9 Å². The van der Waals surface area contributed by atoms with Crippen molar-refractivity contribution in [3.63, 3.8) is 0 Å². The molecule has 1 aromatic heterocycles. The topological polar surface area (TPSA) is 29.9 Å². The Morgan fingerprint density at radius 1 is 1.69 bits per heavy atom. The molecule has 1 unspecified atom stereocenters. The predicted octanol–water partition coefficient (Wildman–Crippen LogP) is 2.79. The van der Waals surface area contributed by atoms with Crippen LogP contribution in [0.25, 0.3) is 0 Å². The average Bonchev–Trinajstić information content (AvgIpc) is 2.57. The molecule has 1 heterocycles. The zero-order valence-electron chi connectivity index (χ0n) is 10.4. The summed E-state index contributed by atoms with van der Waals surface area (Å²) in [5.41, 5.74) is 1.04. The van der Waals surface area contributed by atoms with Crippen LogP contribution in [0.4, 0.5) is 5.95 Å². The Balaban J connectivity index is 2.54. The summed E-state index contributed by atoms with van der Waals surface area (Å²) >= 11 is 1.88. The fraction of sp³-hybridized carbons (Fsp3) is 0.583. The third kappa shape index (κ3) is 3.93. The molecule has 3 nitrogen and oxygen atoms in total. The molecular formula is C12H21N3S. The van der Waals surface area contributed by atoms with Gasteiger partial charge in [0.1, 0.15) is 0 Å². The molecule has 0 saturated carbocycles. The van der Waals surface area contributed by atoms with Gasteiger partial charge >= 0.3 is 0 Å². The van der Waals surface area contributed by atoms with Crippen molar-refractivity contribution in [2.75, 3.05) is 23.9 Å². The summed E-state index contributed by atoms with van der Waals surface area (Å²) in [5.74, 6) is 2.78. The summed E-state index contributed by atoms with van der Waals surface area (Å²) in [6.07, 6.45) is 6.07. The van der Waals surface area contributed by atoms with E-state index in [-0.39, 0.29) is 0 Å². The molecule has 1 atom stereocenters. The number of hydrogen-bond acceptors (Lipinski definition) is 3. The van der Waals surface area contributed by atoms with Crippen LogP contribution >= 0.6 is 11.8 Å². The number of aryl methyl sites for hydroxylation is 1. The minimum absolute atomic E-state index is 0.657. The summed E-state index contributed by atoms with van der Waals surface area (Å²) in [6.45, 7) is 9.78. The van der Waals surface area contributed by atoms with E-state index in [1.807, 2.05) is 31.0 Å². The first-order valence-corrected chi connectivity index (χ1v) is 6.94. The van der Waals surface area contributed by atoms with Crippen LogP contribution in [-0.2, 0) is 6.54 Å². The molecule has 1 rings (SSSR count). The third-order valence-corrected chi connectivity index (χ3v) is 3.18. The van der Waals surface area contributed by atoms with Gasteiger partial charge in [0.25, 0.3) is 0 Å². The monoisotopic (exact) mass is 239 g/mol. The van der Waals surface area contributed by atoms with Gasteiger partial charge in [-0.1, -0.05) is 13.0 Å². The second kappa shape index (κ2) is 6.63. The van der Waals surface area contributed by atoms with Crippen molar-refractivity contribution >= 4 is 17.7 Å². The Hall–Kier alpha value is -0.900. The first kappa shape index (κ1) is 13.2. The lowest BCUT2D eigenvalue weighted by molar-refractivity contribution is 0.689. The van der Waals surface area contributed by atoms with E-state index in [1.165, 1.54) is 5.75 Å². The quantitative estimate of drug-likeness (QED) is 0.742. The van der Waals surface area contributed by atoms with E-state index in [1.54, 1.807) is 0 Å². The van der Waals surface area contributed by atoms with Crippen LogP contribution in [0.3, 0.4) is 0 Å². The molecule has 0 aliphatic heterocycles. The molecule has 0 amide bonds. The highest BCUT2D eigenvalue weighted by Gasteiger charge is 2.06. The molecule has 0 bridgehead atoms. The highest BCUT2D eigenvalue weighted by Crippen LogP contribution is 2.10. The zero-order chi connectivity index (χ0) is 12.0. The van der Waals surface area contributed by atoms with Crippen LogP contribution in [0.5, 0.6) is 0 Å². The van der Waals surface area contributed by atoms with Gasteiger partial charge in [0.15, 0.2) is 0 Å². The molecule has 1 N–H and O–H groups in total.